The number of carboxylic acid groups (broad SMARTS) is 1. The number of rotatable bonds is 5. The summed E-state index contributed by atoms with van der Waals surface area (Å²) in [4.78, 5) is 29.2. The maximum atomic E-state index is 12.7. The van der Waals surface area contributed by atoms with E-state index >= 15 is 0 Å². The van der Waals surface area contributed by atoms with Crippen LogP contribution in [0.4, 0.5) is 5.69 Å². The zero-order valence-corrected chi connectivity index (χ0v) is 16.8. The third-order valence-electron chi connectivity index (χ3n) is 6.33. The van der Waals surface area contributed by atoms with E-state index in [1.165, 1.54) is 30.6 Å². The van der Waals surface area contributed by atoms with E-state index in [0.29, 0.717) is 5.39 Å². The fourth-order valence-electron chi connectivity index (χ4n) is 4.64. The molecule has 1 saturated heterocycles. The Morgan fingerprint density at radius 2 is 1.96 bits per heavy atom. The zero-order chi connectivity index (χ0) is 19.8. The maximum absolute atomic E-state index is 12.7. The van der Waals surface area contributed by atoms with Crippen LogP contribution in [0.15, 0.2) is 23.1 Å². The summed E-state index contributed by atoms with van der Waals surface area (Å²) < 4.78 is 2.01. The number of aromatic carboxylic acids is 1. The molecule has 0 amide bonds. The van der Waals surface area contributed by atoms with E-state index in [-0.39, 0.29) is 17.0 Å². The first kappa shape index (κ1) is 19.0. The molecule has 1 fully saturated rings. The lowest BCUT2D eigenvalue weighted by Crippen LogP contribution is -2.47. The van der Waals surface area contributed by atoms with Gasteiger partial charge >= 0.3 is 5.97 Å². The van der Waals surface area contributed by atoms with E-state index in [1.807, 2.05) is 16.7 Å². The van der Waals surface area contributed by atoms with Crippen LogP contribution in [0.25, 0.3) is 10.9 Å². The molecule has 1 aromatic heterocycles. The smallest absolute Gasteiger partial charge is 0.341 e. The summed E-state index contributed by atoms with van der Waals surface area (Å²) in [5.74, 6) is -1.15. The molecule has 150 valence electrons. The molecule has 1 unspecified atom stereocenters. The molecule has 28 heavy (non-hydrogen) atoms. The Morgan fingerprint density at radius 3 is 2.64 bits per heavy atom. The Hall–Kier alpha value is -2.34. The second kappa shape index (κ2) is 7.59. The molecule has 0 aliphatic carbocycles. The van der Waals surface area contributed by atoms with Gasteiger partial charge in [-0.15, -0.1) is 0 Å². The van der Waals surface area contributed by atoms with Crippen LogP contribution in [0.3, 0.4) is 0 Å². The number of hydrogen-bond donors (Lipinski definition) is 1. The van der Waals surface area contributed by atoms with E-state index in [9.17, 15) is 14.7 Å². The number of anilines is 1. The summed E-state index contributed by atoms with van der Waals surface area (Å²) in [7, 11) is 0. The quantitative estimate of drug-likeness (QED) is 0.859. The minimum absolute atomic E-state index is 0.135. The molecule has 1 aromatic carbocycles. The second-order valence-electron chi connectivity index (χ2n) is 8.11. The summed E-state index contributed by atoms with van der Waals surface area (Å²) in [5.41, 5.74) is 2.84. The number of unbranched alkanes of at least 4 members (excludes halogenated alkanes) is 1. The van der Waals surface area contributed by atoms with Gasteiger partial charge in [0.1, 0.15) is 5.56 Å². The van der Waals surface area contributed by atoms with Crippen molar-refractivity contribution in [2.75, 3.05) is 37.6 Å². The van der Waals surface area contributed by atoms with E-state index in [0.717, 1.165) is 44.5 Å². The number of benzene rings is 1. The van der Waals surface area contributed by atoms with Crippen LogP contribution in [0, 0.1) is 0 Å². The van der Waals surface area contributed by atoms with Gasteiger partial charge in [0.2, 0.25) is 5.43 Å². The third kappa shape index (κ3) is 3.20. The molecule has 2 aliphatic heterocycles. The Bertz CT molecular complexity index is 958. The van der Waals surface area contributed by atoms with Crippen LogP contribution < -0.4 is 10.3 Å². The maximum Gasteiger partial charge on any atom is 0.341 e. The third-order valence-corrected chi connectivity index (χ3v) is 6.33. The summed E-state index contributed by atoms with van der Waals surface area (Å²) >= 11 is 0. The first-order valence-corrected chi connectivity index (χ1v) is 10.4. The molecular weight excluding hydrogens is 354 g/mol. The van der Waals surface area contributed by atoms with Crippen molar-refractivity contribution in [3.8, 4) is 0 Å². The molecule has 0 radical (unpaired) electrons. The second-order valence-corrected chi connectivity index (χ2v) is 8.11. The Labute approximate surface area is 165 Å². The molecule has 6 heteroatoms. The van der Waals surface area contributed by atoms with Crippen LogP contribution in [0.1, 0.15) is 55.1 Å². The van der Waals surface area contributed by atoms with Crippen LogP contribution in [-0.2, 0) is 6.42 Å². The lowest BCUT2D eigenvalue weighted by atomic mass is 9.94. The molecule has 4 rings (SSSR count). The van der Waals surface area contributed by atoms with Crippen molar-refractivity contribution in [1.82, 2.24) is 9.47 Å². The summed E-state index contributed by atoms with van der Waals surface area (Å²) in [6, 6.07) is 4.06. The molecule has 0 saturated carbocycles. The average Bonchev–Trinajstić information content (AvgIpc) is 2.70. The molecule has 1 atom stereocenters. The Balaban J connectivity index is 1.74. The number of carbonyl (C=O) groups is 1. The summed E-state index contributed by atoms with van der Waals surface area (Å²) in [6.45, 7) is 9.62. The van der Waals surface area contributed by atoms with Crippen LogP contribution in [0.2, 0.25) is 0 Å². The molecule has 0 spiro atoms. The van der Waals surface area contributed by atoms with Crippen molar-refractivity contribution in [1.29, 1.82) is 0 Å². The fourth-order valence-corrected chi connectivity index (χ4v) is 4.64. The predicted octanol–water partition coefficient (Wildman–Crippen LogP) is 3.13. The van der Waals surface area contributed by atoms with Crippen LogP contribution in [-0.4, -0.2) is 53.3 Å². The van der Waals surface area contributed by atoms with Crippen molar-refractivity contribution in [2.45, 2.75) is 45.6 Å². The van der Waals surface area contributed by atoms with Gasteiger partial charge in [0.25, 0.3) is 0 Å². The van der Waals surface area contributed by atoms with E-state index < -0.39 is 5.97 Å². The van der Waals surface area contributed by atoms with Gasteiger partial charge in [-0.3, -0.25) is 9.69 Å². The lowest BCUT2D eigenvalue weighted by molar-refractivity contribution is 0.0694. The highest BCUT2D eigenvalue weighted by Gasteiger charge is 2.27. The SMILES string of the molecule is CCCCN1CCN(c2ccc3c(=O)c(C(=O)O)cn4c3c2CCC4C)CC1. The largest absolute Gasteiger partial charge is 0.477 e. The van der Waals surface area contributed by atoms with E-state index in [1.54, 1.807) is 6.20 Å². The molecule has 2 aromatic rings. The van der Waals surface area contributed by atoms with Crippen molar-refractivity contribution in [3.63, 3.8) is 0 Å². The van der Waals surface area contributed by atoms with Crippen molar-refractivity contribution in [3.05, 3.63) is 39.7 Å². The minimum atomic E-state index is -1.15. The number of aryl methyl sites for hydroxylation is 1. The molecule has 2 aliphatic rings. The average molecular weight is 383 g/mol. The van der Waals surface area contributed by atoms with Gasteiger partial charge in [-0.2, -0.15) is 0 Å². The number of carboxylic acids is 1. The molecule has 1 N–H and O–H groups in total. The molecule has 3 heterocycles. The van der Waals surface area contributed by atoms with Gasteiger partial charge in [0, 0.05) is 49.5 Å². The minimum Gasteiger partial charge on any atom is -0.477 e. The van der Waals surface area contributed by atoms with Gasteiger partial charge in [-0.05, 0) is 50.4 Å². The number of aromatic nitrogens is 1. The fraction of sp³-hybridized carbons (Fsp3) is 0.545. The van der Waals surface area contributed by atoms with Crippen molar-refractivity contribution >= 4 is 22.6 Å². The number of pyridine rings is 1. The van der Waals surface area contributed by atoms with E-state index in [4.69, 9.17) is 0 Å². The Morgan fingerprint density at radius 1 is 1.21 bits per heavy atom. The van der Waals surface area contributed by atoms with Crippen molar-refractivity contribution in [2.24, 2.45) is 0 Å². The predicted molar refractivity (Wildman–Crippen MR) is 112 cm³/mol. The van der Waals surface area contributed by atoms with Gasteiger partial charge < -0.3 is 14.6 Å². The highest BCUT2D eigenvalue weighted by atomic mass is 16.4. The highest BCUT2D eigenvalue weighted by molar-refractivity contribution is 5.95. The Kier molecular flexibility index (Phi) is 5.15. The summed E-state index contributed by atoms with van der Waals surface area (Å²) in [6.07, 6.45) is 5.90. The monoisotopic (exact) mass is 383 g/mol. The standard InChI is InChI=1S/C22H29N3O3/c1-3-4-9-23-10-12-24(13-11-23)19-8-7-17-20-16(19)6-5-15(2)25(20)14-18(21(17)26)22(27)28/h7-8,14-15H,3-6,9-13H2,1-2H3,(H,27,28). The normalized spacial score (nSPS) is 19.9. The summed E-state index contributed by atoms with van der Waals surface area (Å²) in [5, 5.41) is 9.97. The van der Waals surface area contributed by atoms with Crippen LogP contribution in [0.5, 0.6) is 0 Å². The molecule has 0 bridgehead atoms. The molecular formula is C22H29N3O3. The first-order valence-electron chi connectivity index (χ1n) is 10.4. The lowest BCUT2D eigenvalue weighted by Gasteiger charge is -2.38. The van der Waals surface area contributed by atoms with Gasteiger partial charge in [-0.25, -0.2) is 4.79 Å². The van der Waals surface area contributed by atoms with E-state index in [2.05, 4.69) is 23.6 Å². The molecule has 6 nitrogen and oxygen atoms in total. The number of nitrogens with zero attached hydrogens (tertiary/aromatic N) is 3. The highest BCUT2D eigenvalue weighted by Crippen LogP contribution is 2.36. The van der Waals surface area contributed by atoms with Crippen LogP contribution >= 0.6 is 0 Å². The topological polar surface area (TPSA) is 65.8 Å². The van der Waals surface area contributed by atoms with Crippen molar-refractivity contribution < 1.29 is 9.90 Å². The number of piperazine rings is 1. The van der Waals surface area contributed by atoms with Gasteiger partial charge in [-0.1, -0.05) is 13.3 Å². The van der Waals surface area contributed by atoms with Gasteiger partial charge in [0.05, 0.1) is 5.52 Å². The zero-order valence-electron chi connectivity index (χ0n) is 16.8. The van der Waals surface area contributed by atoms with Gasteiger partial charge in [0.15, 0.2) is 0 Å². The first-order chi connectivity index (χ1) is 13.5. The number of hydrogen-bond acceptors (Lipinski definition) is 4.